The Morgan fingerprint density at radius 1 is 0.923 bits per heavy atom. The Hall–Kier alpha value is -4.75. The molecule has 276 valence electrons. The number of carbonyl (C=O) groups excluding carboxylic acids is 3. The van der Waals surface area contributed by atoms with Gasteiger partial charge in [-0.1, -0.05) is 24.3 Å². The number of H-pyrrole nitrogens is 1. The molecule has 5 heterocycles. The van der Waals surface area contributed by atoms with Crippen LogP contribution < -0.4 is 10.9 Å². The SMILES string of the molecule is CC(=O)OCn1cc2cc(C[C@@H](NC(=O)N3CCC(c4cc5ccccc5[nH]c4=O)CC3)C(=O)N3CCN(C4CCN(C)CC4)CC3)cc(C)c2n1. The molecule has 3 aliphatic heterocycles. The second-order valence-electron chi connectivity index (χ2n) is 14.8. The number of hydrogen-bond acceptors (Lipinski definition) is 8. The largest absolute Gasteiger partial charge is 0.443 e. The number of aromatic nitrogens is 3. The molecule has 13 nitrogen and oxygen atoms in total. The predicted octanol–water partition coefficient (Wildman–Crippen LogP) is 3.45. The number of benzene rings is 2. The van der Waals surface area contributed by atoms with E-state index in [1.807, 2.05) is 60.5 Å². The Bertz CT molecular complexity index is 1980. The Balaban J connectivity index is 1.05. The molecule has 2 N–H and O–H groups in total. The molecule has 2 aromatic carbocycles. The van der Waals surface area contributed by atoms with Crippen molar-refractivity contribution < 1.29 is 19.1 Å². The van der Waals surface area contributed by atoms with Gasteiger partial charge < -0.3 is 29.7 Å². The van der Waals surface area contributed by atoms with Crippen molar-refractivity contribution in [3.8, 4) is 0 Å². The van der Waals surface area contributed by atoms with Crippen LogP contribution in [0.5, 0.6) is 0 Å². The second kappa shape index (κ2) is 15.5. The predicted molar refractivity (Wildman–Crippen MR) is 199 cm³/mol. The van der Waals surface area contributed by atoms with Crippen molar-refractivity contribution in [1.29, 1.82) is 0 Å². The Kier molecular flexibility index (Phi) is 10.6. The third-order valence-electron chi connectivity index (χ3n) is 11.2. The van der Waals surface area contributed by atoms with Gasteiger partial charge in [0.25, 0.3) is 5.56 Å². The lowest BCUT2D eigenvalue weighted by atomic mass is 9.89. The molecule has 1 atom stereocenters. The summed E-state index contributed by atoms with van der Waals surface area (Å²) in [4.78, 5) is 64.1. The van der Waals surface area contributed by atoms with Gasteiger partial charge in [0.15, 0.2) is 6.73 Å². The molecule has 7 rings (SSSR count). The van der Waals surface area contributed by atoms with E-state index < -0.39 is 6.04 Å². The van der Waals surface area contributed by atoms with Gasteiger partial charge in [0.1, 0.15) is 6.04 Å². The van der Waals surface area contributed by atoms with Crippen LogP contribution in [0.25, 0.3) is 21.8 Å². The second-order valence-corrected chi connectivity index (χ2v) is 14.8. The van der Waals surface area contributed by atoms with Gasteiger partial charge in [-0.3, -0.25) is 19.3 Å². The number of fused-ring (bicyclic) bond motifs is 2. The number of para-hydroxylation sites is 1. The van der Waals surface area contributed by atoms with Crippen LogP contribution in [-0.2, 0) is 27.5 Å². The van der Waals surface area contributed by atoms with Crippen LogP contribution in [0.3, 0.4) is 0 Å². The summed E-state index contributed by atoms with van der Waals surface area (Å²) < 4.78 is 6.72. The molecule has 0 bridgehead atoms. The average Bonchev–Trinajstić information content (AvgIpc) is 3.57. The number of rotatable bonds is 8. The standard InChI is InChI=1S/C39H50N8O5/c1-26-20-28(21-31-24-47(42-36(26)31)25-52-27(2)48)22-35(38(50)45-18-16-44(17-19-45)32-10-12-43(3)13-11-32)41-39(51)46-14-8-29(9-15-46)33-23-30-6-4-5-7-34(30)40-37(33)49/h4-7,20-21,23-24,29,32,35H,8-19,22,25H2,1-3H3,(H,40,49)(H,41,51)/t35-/m1/s1. The highest BCUT2D eigenvalue weighted by molar-refractivity contribution is 5.88. The van der Waals surface area contributed by atoms with E-state index in [9.17, 15) is 19.2 Å². The highest BCUT2D eigenvalue weighted by Crippen LogP contribution is 2.28. The van der Waals surface area contributed by atoms with E-state index in [0.29, 0.717) is 51.5 Å². The van der Waals surface area contributed by atoms with Crippen molar-refractivity contribution in [1.82, 2.24) is 39.7 Å². The van der Waals surface area contributed by atoms with Crippen molar-refractivity contribution in [2.24, 2.45) is 0 Å². The number of esters is 1. The molecule has 3 fully saturated rings. The first kappa shape index (κ1) is 35.6. The van der Waals surface area contributed by atoms with Crippen LogP contribution in [0.4, 0.5) is 4.79 Å². The van der Waals surface area contributed by atoms with E-state index in [-0.39, 0.29) is 36.1 Å². The molecule has 52 heavy (non-hydrogen) atoms. The molecule has 3 aliphatic rings. The first-order chi connectivity index (χ1) is 25.1. The number of aryl methyl sites for hydroxylation is 1. The third-order valence-corrected chi connectivity index (χ3v) is 11.2. The first-order valence-electron chi connectivity index (χ1n) is 18.6. The van der Waals surface area contributed by atoms with Gasteiger partial charge in [-0.05, 0) is 93.4 Å². The molecule has 0 saturated carbocycles. The fourth-order valence-corrected chi connectivity index (χ4v) is 8.20. The van der Waals surface area contributed by atoms with Crippen LogP contribution >= 0.6 is 0 Å². The summed E-state index contributed by atoms with van der Waals surface area (Å²) >= 11 is 0. The van der Waals surface area contributed by atoms with Crippen LogP contribution in [0.2, 0.25) is 0 Å². The number of carbonyl (C=O) groups is 3. The molecule has 2 aromatic heterocycles. The lowest BCUT2D eigenvalue weighted by molar-refractivity contribution is -0.145. The molecule has 4 aromatic rings. The quantitative estimate of drug-likeness (QED) is 0.266. The van der Waals surface area contributed by atoms with Crippen LogP contribution in [0.15, 0.2) is 53.5 Å². The van der Waals surface area contributed by atoms with Crippen molar-refractivity contribution >= 4 is 39.7 Å². The van der Waals surface area contributed by atoms with E-state index >= 15 is 0 Å². The van der Waals surface area contributed by atoms with Crippen LogP contribution in [0.1, 0.15) is 55.2 Å². The molecular formula is C39H50N8O5. The van der Waals surface area contributed by atoms with Crippen molar-refractivity contribution in [3.63, 3.8) is 0 Å². The summed E-state index contributed by atoms with van der Waals surface area (Å²) in [6, 6.07) is 13.3. The van der Waals surface area contributed by atoms with Gasteiger partial charge in [-0.15, -0.1) is 0 Å². The summed E-state index contributed by atoms with van der Waals surface area (Å²) in [6.07, 6.45) is 5.79. The normalized spacial score (nSPS) is 18.9. The van der Waals surface area contributed by atoms with Gasteiger partial charge in [-0.2, -0.15) is 5.10 Å². The smallest absolute Gasteiger partial charge is 0.318 e. The number of pyridine rings is 1. The monoisotopic (exact) mass is 710 g/mol. The number of urea groups is 1. The lowest BCUT2D eigenvalue weighted by Gasteiger charge is -2.43. The molecule has 3 saturated heterocycles. The van der Waals surface area contributed by atoms with Gasteiger partial charge in [0, 0.05) is 81.3 Å². The zero-order chi connectivity index (χ0) is 36.4. The zero-order valence-corrected chi connectivity index (χ0v) is 30.5. The highest BCUT2D eigenvalue weighted by Gasteiger charge is 2.34. The van der Waals surface area contributed by atoms with E-state index in [2.05, 4.69) is 32.2 Å². The summed E-state index contributed by atoms with van der Waals surface area (Å²) in [6.45, 7) is 9.44. The first-order valence-corrected chi connectivity index (χ1v) is 18.6. The number of amides is 3. The Morgan fingerprint density at radius 3 is 2.38 bits per heavy atom. The molecule has 0 aliphatic carbocycles. The fraction of sp³-hybridized carbons (Fsp3) is 0.513. The van der Waals surface area contributed by atoms with E-state index in [4.69, 9.17) is 4.74 Å². The number of nitrogens with zero attached hydrogens (tertiary/aromatic N) is 6. The molecule has 3 amide bonds. The third kappa shape index (κ3) is 8.00. The maximum absolute atomic E-state index is 14.3. The number of likely N-dealkylation sites (tertiary alicyclic amines) is 2. The van der Waals surface area contributed by atoms with Crippen molar-refractivity contribution in [3.05, 3.63) is 75.7 Å². The van der Waals surface area contributed by atoms with Gasteiger partial charge in [0.2, 0.25) is 5.91 Å². The Morgan fingerprint density at radius 2 is 1.65 bits per heavy atom. The van der Waals surface area contributed by atoms with Crippen molar-refractivity contribution in [2.75, 3.05) is 59.4 Å². The highest BCUT2D eigenvalue weighted by atomic mass is 16.5. The maximum atomic E-state index is 14.3. The molecule has 13 heteroatoms. The topological polar surface area (TPSA) is 136 Å². The summed E-state index contributed by atoms with van der Waals surface area (Å²) in [5, 5.41) is 9.59. The van der Waals surface area contributed by atoms with E-state index in [1.165, 1.54) is 6.92 Å². The summed E-state index contributed by atoms with van der Waals surface area (Å²) in [5.74, 6) is -0.405. The number of piperidine rings is 2. The minimum Gasteiger partial charge on any atom is -0.443 e. The van der Waals surface area contributed by atoms with Crippen LogP contribution in [-0.4, -0.2) is 124 Å². The number of hydrogen-bond donors (Lipinski definition) is 2. The summed E-state index contributed by atoms with van der Waals surface area (Å²) in [7, 11) is 2.17. The maximum Gasteiger partial charge on any atom is 0.318 e. The van der Waals surface area contributed by atoms with Crippen LogP contribution in [0, 0.1) is 6.92 Å². The molecule has 0 unspecified atom stereocenters. The molecular weight excluding hydrogens is 660 g/mol. The van der Waals surface area contributed by atoms with E-state index in [0.717, 1.165) is 77.5 Å². The Labute approximate surface area is 303 Å². The number of aromatic amines is 1. The van der Waals surface area contributed by atoms with Gasteiger partial charge in [-0.25, -0.2) is 9.48 Å². The fourth-order valence-electron chi connectivity index (χ4n) is 8.20. The molecule has 0 spiro atoms. The summed E-state index contributed by atoms with van der Waals surface area (Å²) in [5.41, 5.74) is 4.14. The number of nitrogens with one attached hydrogen (secondary N) is 2. The van der Waals surface area contributed by atoms with Crippen molar-refractivity contribution in [2.45, 2.75) is 70.7 Å². The lowest BCUT2D eigenvalue weighted by Crippen LogP contribution is -2.59. The molecule has 0 radical (unpaired) electrons. The number of piperazine rings is 1. The minimum atomic E-state index is -0.753. The zero-order valence-electron chi connectivity index (χ0n) is 30.5. The number of ether oxygens (including phenoxy) is 1. The van der Waals surface area contributed by atoms with Gasteiger partial charge >= 0.3 is 12.0 Å². The van der Waals surface area contributed by atoms with Gasteiger partial charge in [0.05, 0.1) is 5.52 Å². The average molecular weight is 711 g/mol. The minimum absolute atomic E-state index is 0.0193. The van der Waals surface area contributed by atoms with E-state index in [1.54, 1.807) is 9.58 Å².